The Kier molecular flexibility index (Phi) is 21.7. The topological polar surface area (TPSA) is 145 Å². The summed E-state index contributed by atoms with van der Waals surface area (Å²) < 4.78 is 74.5. The highest BCUT2D eigenvalue weighted by Gasteiger charge is 2.55. The van der Waals surface area contributed by atoms with Gasteiger partial charge in [0.1, 0.15) is 12.2 Å². The van der Waals surface area contributed by atoms with E-state index in [9.17, 15) is 9.59 Å². The van der Waals surface area contributed by atoms with Gasteiger partial charge in [0.05, 0.1) is 57.4 Å². The van der Waals surface area contributed by atoms with Gasteiger partial charge in [-0.1, -0.05) is 80.1 Å². The van der Waals surface area contributed by atoms with Crippen molar-refractivity contribution in [3.63, 3.8) is 0 Å². The molecule has 5 atom stereocenters. The molecule has 0 spiro atoms. The molecule has 0 saturated carbocycles. The van der Waals surface area contributed by atoms with Crippen LogP contribution in [0.3, 0.4) is 0 Å². The van der Waals surface area contributed by atoms with Crippen LogP contribution in [0.15, 0.2) is 24.3 Å². The van der Waals surface area contributed by atoms with E-state index in [1.807, 2.05) is 0 Å². The second-order valence-corrected chi connectivity index (χ2v) is 16.1. The number of benzene rings is 2. The Bertz CT molecular complexity index is 1580. The van der Waals surface area contributed by atoms with Gasteiger partial charge >= 0.3 is 11.9 Å². The van der Waals surface area contributed by atoms with Crippen molar-refractivity contribution in [2.75, 3.05) is 53.4 Å². The third kappa shape index (κ3) is 14.8. The first-order chi connectivity index (χ1) is 30.0. The molecular formula is C48H74O14. The van der Waals surface area contributed by atoms with Crippen LogP contribution in [0.1, 0.15) is 153 Å². The molecule has 14 heteroatoms. The van der Waals surface area contributed by atoms with Crippen molar-refractivity contribution < 1.29 is 66.4 Å². The van der Waals surface area contributed by atoms with E-state index in [-0.39, 0.29) is 17.7 Å². The number of carbonyl (C=O) groups is 2. The maximum atomic E-state index is 14.5. The van der Waals surface area contributed by atoms with Crippen LogP contribution in [0.5, 0.6) is 34.5 Å². The number of esters is 2. The van der Waals surface area contributed by atoms with Gasteiger partial charge in [-0.25, -0.2) is 9.59 Å². The number of carbonyl (C=O) groups excluding carboxylic acids is 2. The van der Waals surface area contributed by atoms with Crippen molar-refractivity contribution in [1.29, 1.82) is 0 Å². The van der Waals surface area contributed by atoms with Crippen LogP contribution in [0.2, 0.25) is 0 Å². The standard InChI is InChI=1S/C48H74O14/c1-10-16-22-52-35-28-33(29-36(53-23-17-11-2)40(35)56-26-20-14-5)45(49)60-43-42-39(32-58-48(7,8)62-42)59-47(51-9)44(43)61-46(50)34-30-37(54-24-18-12-3)41(57-27-21-15-6)38(31-34)55-25-19-13-4/h28-31,39,42-44,47H,10-27,32H2,1-9H3/t39?,42-,43+,44?,47-/m1/s1. The molecule has 2 heterocycles. The van der Waals surface area contributed by atoms with Gasteiger partial charge in [-0.05, 0) is 76.6 Å². The Labute approximate surface area is 369 Å². The molecule has 0 N–H and O–H groups in total. The normalized spacial score (nSPS) is 20.4. The first kappa shape index (κ1) is 50.7. The highest BCUT2D eigenvalue weighted by molar-refractivity contribution is 5.92. The minimum atomic E-state index is -1.29. The number of unbranched alkanes of at least 4 members (excludes halogenated alkanes) is 6. The van der Waals surface area contributed by atoms with Crippen molar-refractivity contribution in [2.24, 2.45) is 0 Å². The first-order valence-corrected chi connectivity index (χ1v) is 23.1. The average Bonchev–Trinajstić information content (AvgIpc) is 3.25. The van der Waals surface area contributed by atoms with E-state index in [0.717, 1.165) is 77.0 Å². The number of fused-ring (bicyclic) bond motifs is 1. The number of hydrogen-bond acceptors (Lipinski definition) is 14. The highest BCUT2D eigenvalue weighted by Crippen LogP contribution is 2.43. The van der Waals surface area contributed by atoms with Gasteiger partial charge < -0.3 is 56.8 Å². The van der Waals surface area contributed by atoms with Crippen LogP contribution in [-0.2, 0) is 28.4 Å². The lowest BCUT2D eigenvalue weighted by Crippen LogP contribution is -2.66. The lowest BCUT2D eigenvalue weighted by molar-refractivity contribution is -0.378. The third-order valence-corrected chi connectivity index (χ3v) is 10.3. The molecule has 62 heavy (non-hydrogen) atoms. The van der Waals surface area contributed by atoms with Crippen molar-refractivity contribution >= 4 is 11.9 Å². The molecule has 350 valence electrons. The number of ether oxygens (including phenoxy) is 12. The molecule has 2 aromatic carbocycles. The van der Waals surface area contributed by atoms with Crippen LogP contribution in [-0.4, -0.2) is 102 Å². The minimum Gasteiger partial charge on any atom is -0.490 e. The van der Waals surface area contributed by atoms with Crippen molar-refractivity contribution in [1.82, 2.24) is 0 Å². The Morgan fingerprint density at radius 3 is 1.27 bits per heavy atom. The molecule has 0 bridgehead atoms. The zero-order chi connectivity index (χ0) is 44.9. The lowest BCUT2D eigenvalue weighted by Gasteiger charge is -2.49. The fourth-order valence-corrected chi connectivity index (χ4v) is 6.68. The van der Waals surface area contributed by atoms with Crippen LogP contribution < -0.4 is 28.4 Å². The van der Waals surface area contributed by atoms with Gasteiger partial charge in [-0.2, -0.15) is 0 Å². The molecule has 0 aromatic heterocycles. The lowest BCUT2D eigenvalue weighted by atomic mass is 9.96. The first-order valence-electron chi connectivity index (χ1n) is 23.1. The van der Waals surface area contributed by atoms with Crippen LogP contribution in [0.25, 0.3) is 0 Å². The summed E-state index contributed by atoms with van der Waals surface area (Å²) in [7, 11) is 1.43. The molecule has 2 fully saturated rings. The molecule has 2 unspecified atom stereocenters. The van der Waals surface area contributed by atoms with E-state index in [4.69, 9.17) is 56.8 Å². The molecule has 2 aliphatic rings. The Morgan fingerprint density at radius 2 is 0.919 bits per heavy atom. The van der Waals surface area contributed by atoms with E-state index in [0.29, 0.717) is 74.1 Å². The third-order valence-electron chi connectivity index (χ3n) is 10.3. The molecule has 2 aliphatic heterocycles. The predicted octanol–water partition coefficient (Wildman–Crippen LogP) is 10.0. The Hall–Kier alpha value is -3.98. The second-order valence-electron chi connectivity index (χ2n) is 16.1. The van der Waals surface area contributed by atoms with Gasteiger partial charge in [-0.15, -0.1) is 0 Å². The second kappa shape index (κ2) is 26.6. The van der Waals surface area contributed by atoms with Gasteiger partial charge in [0.15, 0.2) is 47.3 Å². The van der Waals surface area contributed by atoms with Gasteiger partial charge in [0.2, 0.25) is 11.5 Å². The highest BCUT2D eigenvalue weighted by atomic mass is 16.8. The van der Waals surface area contributed by atoms with Crippen molar-refractivity contribution in [2.45, 2.75) is 169 Å². The average molecular weight is 875 g/mol. The van der Waals surface area contributed by atoms with Crippen molar-refractivity contribution in [3.8, 4) is 34.5 Å². The number of methoxy groups -OCH3 is 1. The van der Waals surface area contributed by atoms with Gasteiger partial charge in [0, 0.05) is 7.11 Å². The molecule has 14 nitrogen and oxygen atoms in total. The van der Waals surface area contributed by atoms with E-state index in [2.05, 4.69) is 41.5 Å². The summed E-state index contributed by atoms with van der Waals surface area (Å²) in [6, 6.07) is 6.41. The monoisotopic (exact) mass is 875 g/mol. The van der Waals surface area contributed by atoms with E-state index in [1.54, 1.807) is 38.1 Å². The predicted molar refractivity (Wildman–Crippen MR) is 234 cm³/mol. The van der Waals surface area contributed by atoms with E-state index in [1.165, 1.54) is 7.11 Å². The van der Waals surface area contributed by atoms with Crippen molar-refractivity contribution in [3.05, 3.63) is 35.4 Å². The molecule has 2 saturated heterocycles. The summed E-state index contributed by atoms with van der Waals surface area (Å²) in [6.07, 6.45) is 5.07. The summed E-state index contributed by atoms with van der Waals surface area (Å²) in [5.74, 6) is -0.207. The Balaban J connectivity index is 1.77. The van der Waals surface area contributed by atoms with Crippen LogP contribution in [0.4, 0.5) is 0 Å². The number of hydrogen-bond donors (Lipinski definition) is 0. The maximum absolute atomic E-state index is 14.5. The molecule has 0 amide bonds. The molecular weight excluding hydrogens is 801 g/mol. The molecule has 0 radical (unpaired) electrons. The van der Waals surface area contributed by atoms with Gasteiger partial charge in [-0.3, -0.25) is 0 Å². The summed E-state index contributed by atoms with van der Waals surface area (Å²) in [6.45, 7) is 18.6. The minimum absolute atomic E-state index is 0.108. The summed E-state index contributed by atoms with van der Waals surface area (Å²) in [4.78, 5) is 29.0. The zero-order valence-electron chi connectivity index (χ0n) is 38.8. The summed E-state index contributed by atoms with van der Waals surface area (Å²) in [5, 5.41) is 0. The summed E-state index contributed by atoms with van der Waals surface area (Å²) in [5.41, 5.74) is 0.295. The van der Waals surface area contributed by atoms with Crippen LogP contribution in [0, 0.1) is 0 Å². The Morgan fingerprint density at radius 1 is 0.565 bits per heavy atom. The smallest absolute Gasteiger partial charge is 0.339 e. The maximum Gasteiger partial charge on any atom is 0.339 e. The quantitative estimate of drug-likeness (QED) is 0.0565. The largest absolute Gasteiger partial charge is 0.490 e. The van der Waals surface area contributed by atoms with Gasteiger partial charge in [0.25, 0.3) is 0 Å². The molecule has 4 rings (SSSR count). The van der Waals surface area contributed by atoms with E-state index >= 15 is 0 Å². The summed E-state index contributed by atoms with van der Waals surface area (Å²) >= 11 is 0. The number of rotatable bonds is 29. The SMILES string of the molecule is CCCCOc1cc(C(=O)OC2[C@H](OC)OC3COC(C)(C)O[C@H]3[C@@H]2OC(=O)c2cc(OCCCC)c(OCCCC)c(OCCCC)c2)cc(OCCCC)c1OCCCC. The zero-order valence-corrected chi connectivity index (χ0v) is 38.8. The van der Waals surface area contributed by atoms with E-state index < -0.39 is 48.4 Å². The fourth-order valence-electron chi connectivity index (χ4n) is 6.68. The molecule has 0 aliphatic carbocycles. The fraction of sp³-hybridized carbons (Fsp3) is 0.708. The molecule has 2 aromatic rings. The van der Waals surface area contributed by atoms with Crippen LogP contribution >= 0.6 is 0 Å².